The molecular formula is C14H14F2N4O. The average molecular weight is 292 g/mol. The Morgan fingerprint density at radius 3 is 2.48 bits per heavy atom. The SMILES string of the molecule is Cc1cc(C)nc(CCNC(=O)c2ncc(F)cc2F)n1. The Morgan fingerprint density at radius 2 is 1.86 bits per heavy atom. The van der Waals surface area contributed by atoms with Crippen LogP contribution >= 0.6 is 0 Å². The van der Waals surface area contributed by atoms with Crippen LogP contribution in [0.5, 0.6) is 0 Å². The lowest BCUT2D eigenvalue weighted by molar-refractivity contribution is 0.0944. The Labute approximate surface area is 120 Å². The number of aryl methyl sites for hydroxylation is 2. The van der Waals surface area contributed by atoms with E-state index >= 15 is 0 Å². The molecule has 0 radical (unpaired) electrons. The highest BCUT2D eigenvalue weighted by Gasteiger charge is 2.14. The number of hydrogen-bond donors (Lipinski definition) is 1. The van der Waals surface area contributed by atoms with E-state index in [9.17, 15) is 13.6 Å². The minimum Gasteiger partial charge on any atom is -0.350 e. The number of pyridine rings is 1. The maximum Gasteiger partial charge on any atom is 0.272 e. The molecule has 0 aliphatic carbocycles. The van der Waals surface area contributed by atoms with Gasteiger partial charge in [-0.3, -0.25) is 4.79 Å². The van der Waals surface area contributed by atoms with Gasteiger partial charge in [0.2, 0.25) is 0 Å². The van der Waals surface area contributed by atoms with Gasteiger partial charge in [0, 0.05) is 30.4 Å². The second-order valence-corrected chi connectivity index (χ2v) is 4.56. The van der Waals surface area contributed by atoms with Crippen LogP contribution in [0.25, 0.3) is 0 Å². The van der Waals surface area contributed by atoms with Crippen LogP contribution < -0.4 is 5.32 Å². The van der Waals surface area contributed by atoms with E-state index in [1.54, 1.807) is 0 Å². The molecular weight excluding hydrogens is 278 g/mol. The topological polar surface area (TPSA) is 67.8 Å². The fourth-order valence-electron chi connectivity index (χ4n) is 1.86. The number of halogens is 2. The van der Waals surface area contributed by atoms with Gasteiger partial charge < -0.3 is 5.32 Å². The predicted octanol–water partition coefficient (Wildman–Crippen LogP) is 1.74. The molecule has 0 saturated heterocycles. The van der Waals surface area contributed by atoms with Crippen molar-refractivity contribution >= 4 is 5.91 Å². The molecule has 0 spiro atoms. The standard InChI is InChI=1S/C14H14F2N4O/c1-8-5-9(2)20-12(19-8)3-4-17-14(21)13-11(16)6-10(15)7-18-13/h5-7H,3-4H2,1-2H3,(H,17,21). The molecule has 7 heteroatoms. The molecule has 5 nitrogen and oxygen atoms in total. The highest BCUT2D eigenvalue weighted by molar-refractivity contribution is 5.92. The molecule has 0 aliphatic heterocycles. The first-order chi connectivity index (χ1) is 9.95. The van der Waals surface area contributed by atoms with Gasteiger partial charge in [0.15, 0.2) is 11.5 Å². The monoisotopic (exact) mass is 292 g/mol. The highest BCUT2D eigenvalue weighted by atomic mass is 19.1. The zero-order valence-electron chi connectivity index (χ0n) is 11.7. The number of carbonyl (C=O) groups excluding carboxylic acids is 1. The molecule has 2 rings (SSSR count). The molecule has 0 saturated carbocycles. The van der Waals surface area contributed by atoms with Gasteiger partial charge >= 0.3 is 0 Å². The van der Waals surface area contributed by atoms with Crippen molar-refractivity contribution in [2.24, 2.45) is 0 Å². The van der Waals surface area contributed by atoms with E-state index in [1.807, 2.05) is 19.9 Å². The zero-order valence-corrected chi connectivity index (χ0v) is 11.7. The Hall–Kier alpha value is -2.44. The number of nitrogens with zero attached hydrogens (tertiary/aromatic N) is 3. The van der Waals surface area contributed by atoms with Gasteiger partial charge in [-0.25, -0.2) is 23.7 Å². The van der Waals surface area contributed by atoms with Crippen molar-refractivity contribution in [2.45, 2.75) is 20.3 Å². The predicted molar refractivity (Wildman–Crippen MR) is 71.7 cm³/mol. The molecule has 1 amide bonds. The summed E-state index contributed by atoms with van der Waals surface area (Å²) in [5.74, 6) is -1.92. The first-order valence-corrected chi connectivity index (χ1v) is 6.36. The van der Waals surface area contributed by atoms with E-state index in [1.165, 1.54) is 0 Å². The maximum atomic E-state index is 13.4. The van der Waals surface area contributed by atoms with Gasteiger partial charge in [-0.05, 0) is 19.9 Å². The molecule has 2 aromatic heterocycles. The fraction of sp³-hybridized carbons (Fsp3) is 0.286. The summed E-state index contributed by atoms with van der Waals surface area (Å²) in [6, 6.07) is 2.47. The third-order valence-electron chi connectivity index (χ3n) is 2.69. The zero-order chi connectivity index (χ0) is 15.4. The summed E-state index contributed by atoms with van der Waals surface area (Å²) < 4.78 is 26.1. The number of amides is 1. The van der Waals surface area contributed by atoms with E-state index in [2.05, 4.69) is 20.3 Å². The van der Waals surface area contributed by atoms with Crippen molar-refractivity contribution < 1.29 is 13.6 Å². The summed E-state index contributed by atoms with van der Waals surface area (Å²) in [6.07, 6.45) is 1.21. The van der Waals surface area contributed by atoms with Crippen molar-refractivity contribution in [1.29, 1.82) is 0 Å². The number of nitrogens with one attached hydrogen (secondary N) is 1. The van der Waals surface area contributed by atoms with Crippen molar-refractivity contribution in [1.82, 2.24) is 20.3 Å². The van der Waals surface area contributed by atoms with E-state index in [0.29, 0.717) is 18.3 Å². The molecule has 2 aromatic rings. The van der Waals surface area contributed by atoms with Crippen molar-refractivity contribution in [3.05, 3.63) is 52.9 Å². The van der Waals surface area contributed by atoms with Crippen LogP contribution in [-0.4, -0.2) is 27.4 Å². The lowest BCUT2D eigenvalue weighted by Crippen LogP contribution is -2.28. The molecule has 1 N–H and O–H groups in total. The van der Waals surface area contributed by atoms with E-state index in [0.717, 1.165) is 17.6 Å². The number of carbonyl (C=O) groups is 1. The van der Waals surface area contributed by atoms with Crippen molar-refractivity contribution in [3.63, 3.8) is 0 Å². The van der Waals surface area contributed by atoms with Gasteiger partial charge in [-0.2, -0.15) is 0 Å². The molecule has 0 fully saturated rings. The molecule has 2 heterocycles. The molecule has 0 aliphatic rings. The second-order valence-electron chi connectivity index (χ2n) is 4.56. The Morgan fingerprint density at radius 1 is 1.19 bits per heavy atom. The summed E-state index contributed by atoms with van der Waals surface area (Å²) in [5, 5.41) is 2.50. The van der Waals surface area contributed by atoms with Crippen LogP contribution in [-0.2, 0) is 6.42 Å². The molecule has 0 bridgehead atoms. The van der Waals surface area contributed by atoms with Gasteiger partial charge in [-0.1, -0.05) is 0 Å². The van der Waals surface area contributed by atoms with E-state index in [4.69, 9.17) is 0 Å². The normalized spacial score (nSPS) is 10.5. The largest absolute Gasteiger partial charge is 0.350 e. The quantitative estimate of drug-likeness (QED) is 0.932. The molecule has 0 unspecified atom stereocenters. The Kier molecular flexibility index (Phi) is 4.52. The van der Waals surface area contributed by atoms with Gasteiger partial charge in [0.1, 0.15) is 11.6 Å². The molecule has 110 valence electrons. The van der Waals surface area contributed by atoms with Crippen molar-refractivity contribution in [2.75, 3.05) is 6.54 Å². The highest BCUT2D eigenvalue weighted by Crippen LogP contribution is 2.06. The first-order valence-electron chi connectivity index (χ1n) is 6.36. The molecule has 0 aromatic carbocycles. The lowest BCUT2D eigenvalue weighted by atomic mass is 10.3. The number of hydrogen-bond acceptors (Lipinski definition) is 4. The summed E-state index contributed by atoms with van der Waals surface area (Å²) in [6.45, 7) is 3.95. The maximum absolute atomic E-state index is 13.4. The fourth-order valence-corrected chi connectivity index (χ4v) is 1.86. The van der Waals surface area contributed by atoms with Crippen LogP contribution in [0.2, 0.25) is 0 Å². The molecule has 0 atom stereocenters. The van der Waals surface area contributed by atoms with Gasteiger partial charge in [0.25, 0.3) is 5.91 Å². The third kappa shape index (κ3) is 4.01. The van der Waals surface area contributed by atoms with Crippen LogP contribution in [0, 0.1) is 25.5 Å². The van der Waals surface area contributed by atoms with Crippen LogP contribution in [0.1, 0.15) is 27.7 Å². The Bertz CT molecular complexity index is 656. The Balaban J connectivity index is 1.95. The van der Waals surface area contributed by atoms with E-state index in [-0.39, 0.29) is 6.54 Å². The lowest BCUT2D eigenvalue weighted by Gasteiger charge is -2.06. The van der Waals surface area contributed by atoms with Gasteiger partial charge in [-0.15, -0.1) is 0 Å². The number of rotatable bonds is 4. The second kappa shape index (κ2) is 6.34. The first kappa shape index (κ1) is 15.0. The summed E-state index contributed by atoms with van der Waals surface area (Å²) in [7, 11) is 0. The average Bonchev–Trinajstić information content (AvgIpc) is 2.37. The minimum atomic E-state index is -0.991. The van der Waals surface area contributed by atoms with Crippen LogP contribution in [0.4, 0.5) is 8.78 Å². The van der Waals surface area contributed by atoms with Crippen LogP contribution in [0.15, 0.2) is 18.3 Å². The summed E-state index contributed by atoms with van der Waals surface area (Å²) in [4.78, 5) is 23.6. The van der Waals surface area contributed by atoms with Crippen LogP contribution in [0.3, 0.4) is 0 Å². The van der Waals surface area contributed by atoms with Gasteiger partial charge in [0.05, 0.1) is 6.20 Å². The van der Waals surface area contributed by atoms with Crippen molar-refractivity contribution in [3.8, 4) is 0 Å². The smallest absolute Gasteiger partial charge is 0.272 e. The van der Waals surface area contributed by atoms with E-state index < -0.39 is 23.2 Å². The molecule has 21 heavy (non-hydrogen) atoms. The number of aromatic nitrogens is 3. The third-order valence-corrected chi connectivity index (χ3v) is 2.69. The summed E-state index contributed by atoms with van der Waals surface area (Å²) in [5.41, 5.74) is 1.25. The summed E-state index contributed by atoms with van der Waals surface area (Å²) >= 11 is 0. The minimum absolute atomic E-state index is 0.236.